The van der Waals surface area contributed by atoms with Gasteiger partial charge in [0.1, 0.15) is 5.82 Å². The van der Waals surface area contributed by atoms with Gasteiger partial charge in [-0.2, -0.15) is 4.31 Å². The Hall–Kier alpha value is -1.56. The number of halogens is 3. The summed E-state index contributed by atoms with van der Waals surface area (Å²) in [6, 6.07) is 2.81. The molecule has 4 nitrogen and oxygen atoms in total. The lowest BCUT2D eigenvalue weighted by molar-refractivity contribution is 0.126. The molecule has 0 spiro atoms. The number of alkyl halides is 2. The van der Waals surface area contributed by atoms with E-state index < -0.39 is 28.8 Å². The average molecular weight is 321 g/mol. The van der Waals surface area contributed by atoms with E-state index in [0.717, 1.165) is 25.2 Å². The molecular formula is C13H14F3NO3S. The van der Waals surface area contributed by atoms with Gasteiger partial charge in [-0.1, -0.05) is 11.8 Å². The fourth-order valence-electron chi connectivity index (χ4n) is 1.50. The van der Waals surface area contributed by atoms with Crippen LogP contribution in [-0.4, -0.2) is 44.5 Å². The summed E-state index contributed by atoms with van der Waals surface area (Å²) in [6.45, 7) is -1.20. The summed E-state index contributed by atoms with van der Waals surface area (Å²) >= 11 is 0. The Balaban J connectivity index is 3.26. The van der Waals surface area contributed by atoms with Gasteiger partial charge in [0.05, 0.1) is 18.0 Å². The number of nitrogens with zero attached hydrogens (tertiary/aromatic N) is 1. The number of benzene rings is 1. The van der Waals surface area contributed by atoms with Crippen LogP contribution < -0.4 is 0 Å². The van der Waals surface area contributed by atoms with Crippen LogP contribution in [0.2, 0.25) is 0 Å². The van der Waals surface area contributed by atoms with Gasteiger partial charge in [0.2, 0.25) is 10.0 Å². The number of aliphatic hydroxyl groups excluding tert-OH is 1. The van der Waals surface area contributed by atoms with Gasteiger partial charge in [-0.05, 0) is 18.2 Å². The van der Waals surface area contributed by atoms with Crippen molar-refractivity contribution in [2.75, 3.05) is 20.2 Å². The van der Waals surface area contributed by atoms with E-state index in [9.17, 15) is 21.6 Å². The summed E-state index contributed by atoms with van der Waals surface area (Å²) in [7, 11) is -3.19. The van der Waals surface area contributed by atoms with Crippen molar-refractivity contribution in [2.24, 2.45) is 0 Å². The fourth-order valence-corrected chi connectivity index (χ4v) is 2.77. The number of hydrogen-bond donors (Lipinski definition) is 1. The van der Waals surface area contributed by atoms with Crippen LogP contribution in [0.25, 0.3) is 0 Å². The second-order valence-corrected chi connectivity index (χ2v) is 6.11. The van der Waals surface area contributed by atoms with Crippen LogP contribution in [0, 0.1) is 17.7 Å². The van der Waals surface area contributed by atoms with E-state index >= 15 is 0 Å². The summed E-state index contributed by atoms with van der Waals surface area (Å²) < 4.78 is 62.7. The van der Waals surface area contributed by atoms with Gasteiger partial charge >= 0.3 is 0 Å². The summed E-state index contributed by atoms with van der Waals surface area (Å²) in [4.78, 5) is -0.350. The van der Waals surface area contributed by atoms with E-state index in [0.29, 0.717) is 4.31 Å². The molecule has 1 aromatic rings. The van der Waals surface area contributed by atoms with E-state index in [1.807, 2.05) is 0 Å². The Morgan fingerprint density at radius 2 is 2.05 bits per heavy atom. The monoisotopic (exact) mass is 321 g/mol. The minimum atomic E-state index is -4.20. The smallest absolute Gasteiger partial charge is 0.252 e. The molecule has 0 heterocycles. The molecule has 1 rings (SSSR count). The summed E-state index contributed by atoms with van der Waals surface area (Å²) in [5, 5.41) is 8.63. The minimum Gasteiger partial charge on any atom is -0.395 e. The highest BCUT2D eigenvalue weighted by Crippen LogP contribution is 2.20. The summed E-state index contributed by atoms with van der Waals surface area (Å²) in [6.07, 6.45) is -2.74. The first-order valence-electron chi connectivity index (χ1n) is 5.92. The number of aliphatic hydroxyl groups is 1. The zero-order chi connectivity index (χ0) is 16.0. The topological polar surface area (TPSA) is 57.6 Å². The van der Waals surface area contributed by atoms with Crippen LogP contribution in [0.4, 0.5) is 13.2 Å². The quantitative estimate of drug-likeness (QED) is 0.835. The third-order valence-electron chi connectivity index (χ3n) is 2.48. The highest BCUT2D eigenvalue weighted by molar-refractivity contribution is 7.89. The third-order valence-corrected chi connectivity index (χ3v) is 4.37. The minimum absolute atomic E-state index is 0.0862. The van der Waals surface area contributed by atoms with Crippen molar-refractivity contribution < 1.29 is 26.7 Å². The van der Waals surface area contributed by atoms with Crippen LogP contribution >= 0.6 is 0 Å². The van der Waals surface area contributed by atoms with Crippen LogP contribution in [0.5, 0.6) is 0 Å². The maximum absolute atomic E-state index is 13.2. The standard InChI is InChI=1S/C13H14F3NO3S/c1-17(9-13(15)16)21(19,20)12-6-5-11(14)8-10(12)4-2-3-7-18/h5-6,8,13,18H,3,7,9H2,1H3. The normalized spacial score (nSPS) is 11.6. The Bertz CT molecular complexity index is 650. The molecule has 0 saturated heterocycles. The van der Waals surface area contributed by atoms with Crippen molar-refractivity contribution in [3.05, 3.63) is 29.6 Å². The molecule has 8 heteroatoms. The van der Waals surface area contributed by atoms with Crippen molar-refractivity contribution in [3.63, 3.8) is 0 Å². The molecule has 0 radical (unpaired) electrons. The maximum Gasteiger partial charge on any atom is 0.252 e. The number of hydrogen-bond acceptors (Lipinski definition) is 3. The van der Waals surface area contributed by atoms with Gasteiger partial charge in [0.15, 0.2) is 0 Å². The largest absolute Gasteiger partial charge is 0.395 e. The molecule has 0 aliphatic heterocycles. The fraction of sp³-hybridized carbons (Fsp3) is 0.385. The van der Waals surface area contributed by atoms with Crippen LogP contribution in [-0.2, 0) is 10.0 Å². The molecule has 0 saturated carbocycles. The zero-order valence-corrected chi connectivity index (χ0v) is 12.0. The van der Waals surface area contributed by atoms with Crippen molar-refractivity contribution in [3.8, 4) is 11.8 Å². The molecule has 21 heavy (non-hydrogen) atoms. The van der Waals surface area contributed by atoms with Gasteiger partial charge < -0.3 is 5.11 Å². The van der Waals surface area contributed by atoms with Gasteiger partial charge in [0, 0.05) is 19.0 Å². The van der Waals surface area contributed by atoms with Crippen LogP contribution in [0.15, 0.2) is 23.1 Å². The third kappa shape index (κ3) is 4.74. The number of rotatable bonds is 5. The molecule has 0 fully saturated rings. The van der Waals surface area contributed by atoms with E-state index in [2.05, 4.69) is 11.8 Å². The van der Waals surface area contributed by atoms with Crippen molar-refractivity contribution in [1.29, 1.82) is 0 Å². The van der Waals surface area contributed by atoms with Crippen LogP contribution in [0.3, 0.4) is 0 Å². The van der Waals surface area contributed by atoms with Crippen molar-refractivity contribution in [1.82, 2.24) is 4.31 Å². The molecule has 0 amide bonds. The van der Waals surface area contributed by atoms with E-state index in [4.69, 9.17) is 5.11 Å². The summed E-state index contributed by atoms with van der Waals surface area (Å²) in [5.74, 6) is 4.20. The van der Waals surface area contributed by atoms with Crippen molar-refractivity contribution >= 4 is 10.0 Å². The maximum atomic E-state index is 13.2. The van der Waals surface area contributed by atoms with E-state index in [1.165, 1.54) is 0 Å². The van der Waals surface area contributed by atoms with Gasteiger partial charge in [0.25, 0.3) is 6.43 Å². The molecule has 0 aliphatic carbocycles. The first-order valence-corrected chi connectivity index (χ1v) is 7.37. The molecule has 0 unspecified atom stereocenters. The van der Waals surface area contributed by atoms with E-state index in [-0.39, 0.29) is 23.5 Å². The lowest BCUT2D eigenvalue weighted by atomic mass is 10.2. The molecule has 0 bridgehead atoms. The molecule has 1 N–H and O–H groups in total. The van der Waals surface area contributed by atoms with Crippen LogP contribution in [0.1, 0.15) is 12.0 Å². The molecule has 0 atom stereocenters. The predicted molar refractivity (Wildman–Crippen MR) is 70.8 cm³/mol. The molecular weight excluding hydrogens is 307 g/mol. The molecule has 0 aliphatic rings. The highest BCUT2D eigenvalue weighted by atomic mass is 32.2. The van der Waals surface area contributed by atoms with Gasteiger partial charge in [-0.15, -0.1) is 0 Å². The lowest BCUT2D eigenvalue weighted by Crippen LogP contribution is -2.31. The molecule has 0 aromatic heterocycles. The highest BCUT2D eigenvalue weighted by Gasteiger charge is 2.26. The Morgan fingerprint density at radius 1 is 1.38 bits per heavy atom. The first-order chi connectivity index (χ1) is 9.78. The molecule has 116 valence electrons. The Kier molecular flexibility index (Phi) is 6.20. The van der Waals surface area contributed by atoms with Gasteiger partial charge in [-0.3, -0.25) is 0 Å². The number of sulfonamides is 1. The lowest BCUT2D eigenvalue weighted by Gasteiger charge is -2.17. The second kappa shape index (κ2) is 7.45. The second-order valence-electron chi connectivity index (χ2n) is 4.09. The Morgan fingerprint density at radius 3 is 2.62 bits per heavy atom. The first kappa shape index (κ1) is 17.5. The Labute approximate surface area is 121 Å². The van der Waals surface area contributed by atoms with E-state index in [1.54, 1.807) is 0 Å². The zero-order valence-electron chi connectivity index (χ0n) is 11.2. The van der Waals surface area contributed by atoms with Gasteiger partial charge in [-0.25, -0.2) is 21.6 Å². The SMILES string of the molecule is CN(CC(F)F)S(=O)(=O)c1ccc(F)cc1C#CCCO. The predicted octanol–water partition coefficient (Wildman–Crippen LogP) is 1.45. The van der Waals surface area contributed by atoms with Crippen molar-refractivity contribution in [2.45, 2.75) is 17.7 Å². The summed E-state index contributed by atoms with van der Waals surface area (Å²) in [5.41, 5.74) is -0.135. The average Bonchev–Trinajstić information content (AvgIpc) is 2.38. The molecule has 1 aromatic carbocycles.